The van der Waals surface area contributed by atoms with Gasteiger partial charge in [0.1, 0.15) is 0 Å². The maximum absolute atomic E-state index is 5.75. The van der Waals surface area contributed by atoms with Gasteiger partial charge in [0.15, 0.2) is 0 Å². The minimum atomic E-state index is 0.236. The Balaban J connectivity index is 2.20. The zero-order valence-electron chi connectivity index (χ0n) is 7.52. The van der Waals surface area contributed by atoms with Crippen LogP contribution in [0.3, 0.4) is 0 Å². The number of thioether (sulfide) groups is 1. The van der Waals surface area contributed by atoms with E-state index in [9.17, 15) is 0 Å². The predicted octanol–water partition coefficient (Wildman–Crippen LogP) is 2.43. The molecule has 3 heteroatoms. The van der Waals surface area contributed by atoms with Crippen molar-refractivity contribution in [2.45, 2.75) is 17.4 Å². The maximum Gasteiger partial charge on any atom is 0.0135 e. The van der Waals surface area contributed by atoms with Crippen molar-refractivity contribution in [2.24, 2.45) is 5.73 Å². The number of hydrogen-bond donors (Lipinski definition) is 2. The molecule has 0 aliphatic rings. The maximum atomic E-state index is 5.75. The highest BCUT2D eigenvalue weighted by atomic mass is 32.2. The van der Waals surface area contributed by atoms with Gasteiger partial charge in [0, 0.05) is 16.7 Å². The predicted molar refractivity (Wildman–Crippen MR) is 63.6 cm³/mol. The van der Waals surface area contributed by atoms with Crippen molar-refractivity contribution in [1.29, 1.82) is 0 Å². The highest BCUT2D eigenvalue weighted by Crippen LogP contribution is 2.18. The molecule has 1 rings (SSSR count). The summed E-state index contributed by atoms with van der Waals surface area (Å²) in [5.74, 6) is 1.85. The van der Waals surface area contributed by atoms with E-state index in [0.717, 1.165) is 17.9 Å². The number of rotatable bonds is 5. The van der Waals surface area contributed by atoms with Crippen LogP contribution in [-0.2, 0) is 0 Å². The van der Waals surface area contributed by atoms with E-state index in [2.05, 4.69) is 36.9 Å². The van der Waals surface area contributed by atoms with Gasteiger partial charge in [-0.1, -0.05) is 18.2 Å². The van der Waals surface area contributed by atoms with E-state index in [-0.39, 0.29) is 6.04 Å². The summed E-state index contributed by atoms with van der Waals surface area (Å²) in [5, 5.41) is 0. The summed E-state index contributed by atoms with van der Waals surface area (Å²) >= 11 is 5.99. The Labute approximate surface area is 89.5 Å². The van der Waals surface area contributed by atoms with Crippen molar-refractivity contribution >= 4 is 24.4 Å². The van der Waals surface area contributed by atoms with E-state index in [1.165, 1.54) is 4.90 Å². The molecule has 72 valence electrons. The molecule has 0 spiro atoms. The minimum absolute atomic E-state index is 0.236. The van der Waals surface area contributed by atoms with Gasteiger partial charge >= 0.3 is 0 Å². The average Bonchev–Trinajstić information content (AvgIpc) is 2.19. The first-order valence-corrected chi connectivity index (χ1v) is 5.99. The first kappa shape index (κ1) is 11.0. The highest BCUT2D eigenvalue weighted by molar-refractivity contribution is 7.99. The molecule has 0 heterocycles. The lowest BCUT2D eigenvalue weighted by atomic mass is 10.3. The molecule has 13 heavy (non-hydrogen) atoms. The Morgan fingerprint density at radius 2 is 2.00 bits per heavy atom. The topological polar surface area (TPSA) is 26.0 Å². The third kappa shape index (κ3) is 4.60. The van der Waals surface area contributed by atoms with Gasteiger partial charge in [0.2, 0.25) is 0 Å². The quantitative estimate of drug-likeness (QED) is 0.580. The molecule has 0 saturated carbocycles. The first-order chi connectivity index (χ1) is 6.33. The normalized spacial score (nSPS) is 12.8. The van der Waals surface area contributed by atoms with Crippen molar-refractivity contribution in [3.8, 4) is 0 Å². The number of thiol groups is 1. The third-order valence-corrected chi connectivity index (χ3v) is 3.25. The van der Waals surface area contributed by atoms with Crippen LogP contribution in [0, 0.1) is 0 Å². The molecule has 0 aromatic heterocycles. The van der Waals surface area contributed by atoms with Crippen LogP contribution >= 0.6 is 24.4 Å². The van der Waals surface area contributed by atoms with Crippen LogP contribution in [0.2, 0.25) is 0 Å². The highest BCUT2D eigenvalue weighted by Gasteiger charge is 1.99. The van der Waals surface area contributed by atoms with Gasteiger partial charge in [-0.05, 0) is 24.3 Å². The van der Waals surface area contributed by atoms with Crippen molar-refractivity contribution < 1.29 is 0 Å². The number of nitrogens with two attached hydrogens (primary N) is 1. The molecule has 0 amide bonds. The second kappa shape index (κ2) is 6.35. The van der Waals surface area contributed by atoms with Crippen LogP contribution in [0.15, 0.2) is 35.2 Å². The molecule has 0 bridgehead atoms. The Morgan fingerprint density at radius 1 is 1.31 bits per heavy atom. The van der Waals surface area contributed by atoms with Gasteiger partial charge in [-0.25, -0.2) is 0 Å². The Kier molecular flexibility index (Phi) is 5.35. The van der Waals surface area contributed by atoms with Crippen LogP contribution in [0.5, 0.6) is 0 Å². The minimum Gasteiger partial charge on any atom is -0.327 e. The fourth-order valence-corrected chi connectivity index (χ4v) is 2.12. The second-order valence-corrected chi connectivity index (χ2v) is 4.43. The van der Waals surface area contributed by atoms with Crippen LogP contribution in [0.4, 0.5) is 0 Å². The Morgan fingerprint density at radius 3 is 2.62 bits per heavy atom. The summed E-state index contributed by atoms with van der Waals surface area (Å²) in [6.07, 6.45) is 1.03. The van der Waals surface area contributed by atoms with Gasteiger partial charge in [0.05, 0.1) is 0 Å². The van der Waals surface area contributed by atoms with Gasteiger partial charge in [0.25, 0.3) is 0 Å². The van der Waals surface area contributed by atoms with Crippen LogP contribution in [0.25, 0.3) is 0 Å². The van der Waals surface area contributed by atoms with Crippen molar-refractivity contribution in [1.82, 2.24) is 0 Å². The molecule has 0 aliphatic carbocycles. The van der Waals surface area contributed by atoms with Crippen LogP contribution in [-0.4, -0.2) is 17.5 Å². The Hall–Kier alpha value is -0.120. The standard InChI is InChI=1S/C10H15NS2/c11-9(8-12)6-7-13-10-4-2-1-3-5-10/h1-5,9,12H,6-8,11H2/t9-/m1/s1. The van der Waals surface area contributed by atoms with E-state index in [4.69, 9.17) is 5.73 Å². The van der Waals surface area contributed by atoms with Crippen molar-refractivity contribution in [3.05, 3.63) is 30.3 Å². The molecule has 1 aromatic rings. The summed E-state index contributed by atoms with van der Waals surface area (Å²) in [5.41, 5.74) is 5.75. The summed E-state index contributed by atoms with van der Waals surface area (Å²) in [6, 6.07) is 10.6. The van der Waals surface area contributed by atoms with E-state index in [1.807, 2.05) is 17.8 Å². The lowest BCUT2D eigenvalue weighted by Crippen LogP contribution is -2.22. The largest absolute Gasteiger partial charge is 0.327 e. The molecule has 1 nitrogen and oxygen atoms in total. The molecule has 0 saturated heterocycles. The van der Waals surface area contributed by atoms with Gasteiger partial charge in [-0.15, -0.1) is 11.8 Å². The molecular weight excluding hydrogens is 198 g/mol. The molecule has 1 atom stereocenters. The molecule has 1 aromatic carbocycles. The zero-order valence-corrected chi connectivity index (χ0v) is 9.23. The molecule has 0 radical (unpaired) electrons. The van der Waals surface area contributed by atoms with Crippen LogP contribution in [0.1, 0.15) is 6.42 Å². The van der Waals surface area contributed by atoms with Gasteiger partial charge in [-0.3, -0.25) is 0 Å². The average molecular weight is 213 g/mol. The van der Waals surface area contributed by atoms with Gasteiger partial charge < -0.3 is 5.73 Å². The SMILES string of the molecule is N[C@@H](CS)CCSc1ccccc1. The van der Waals surface area contributed by atoms with Crippen molar-refractivity contribution in [2.75, 3.05) is 11.5 Å². The third-order valence-electron chi connectivity index (χ3n) is 1.74. The summed E-state index contributed by atoms with van der Waals surface area (Å²) < 4.78 is 0. The molecular formula is C10H15NS2. The second-order valence-electron chi connectivity index (χ2n) is 2.89. The molecule has 0 fully saturated rings. The van der Waals surface area contributed by atoms with E-state index in [1.54, 1.807) is 0 Å². The van der Waals surface area contributed by atoms with E-state index >= 15 is 0 Å². The van der Waals surface area contributed by atoms with E-state index < -0.39 is 0 Å². The first-order valence-electron chi connectivity index (χ1n) is 4.37. The summed E-state index contributed by atoms with van der Waals surface area (Å²) in [4.78, 5) is 1.31. The fraction of sp³-hybridized carbons (Fsp3) is 0.400. The number of benzene rings is 1. The smallest absolute Gasteiger partial charge is 0.0135 e. The molecule has 0 unspecified atom stereocenters. The zero-order chi connectivity index (χ0) is 9.52. The van der Waals surface area contributed by atoms with Crippen molar-refractivity contribution in [3.63, 3.8) is 0 Å². The summed E-state index contributed by atoms with van der Waals surface area (Å²) in [7, 11) is 0. The lowest BCUT2D eigenvalue weighted by molar-refractivity contribution is 0.733. The van der Waals surface area contributed by atoms with E-state index in [0.29, 0.717) is 0 Å². The number of hydrogen-bond acceptors (Lipinski definition) is 3. The fourth-order valence-electron chi connectivity index (χ4n) is 0.936. The van der Waals surface area contributed by atoms with Crippen LogP contribution < -0.4 is 5.73 Å². The monoisotopic (exact) mass is 213 g/mol. The Bertz CT molecular complexity index is 226. The lowest BCUT2D eigenvalue weighted by Gasteiger charge is -2.06. The molecule has 0 aliphatic heterocycles. The van der Waals surface area contributed by atoms with Gasteiger partial charge in [-0.2, -0.15) is 12.6 Å². The summed E-state index contributed by atoms with van der Waals surface area (Å²) in [6.45, 7) is 0. The molecule has 2 N–H and O–H groups in total.